The number of anilines is 1. The molecule has 14 heavy (non-hydrogen) atoms. The fraction of sp³-hybridized carbons (Fsp3) is 0. The topological polar surface area (TPSA) is 24.9 Å². The maximum atomic E-state index is 3.99. The molecule has 2 rings (SSSR count). The molecule has 2 nitrogen and oxygen atoms in total. The molecule has 0 atom stereocenters. The zero-order valence-electron chi connectivity index (χ0n) is 7.44. The summed E-state index contributed by atoms with van der Waals surface area (Å²) in [6.45, 7) is 0. The van der Waals surface area contributed by atoms with Gasteiger partial charge >= 0.3 is 0 Å². The van der Waals surface area contributed by atoms with Gasteiger partial charge in [-0.15, -0.1) is 0 Å². The molecule has 70 valence electrons. The molecule has 0 radical (unpaired) electrons. The van der Waals surface area contributed by atoms with Crippen LogP contribution in [0, 0.1) is 0 Å². The van der Waals surface area contributed by atoms with Crippen LogP contribution in [-0.2, 0) is 0 Å². The normalized spacial score (nSPS) is 9.79. The average Bonchev–Trinajstić information content (AvgIpc) is 2.30. The molecule has 1 N–H and O–H groups in total. The minimum Gasteiger partial charge on any atom is -0.328 e. The quantitative estimate of drug-likeness (QED) is 0.677. The number of nitrogens with one attached hydrogen (secondary N) is 1. The Kier molecular flexibility index (Phi) is 2.98. The predicted octanol–water partition coefficient (Wildman–Crippen LogP) is 3.51. The second kappa shape index (κ2) is 4.41. The van der Waals surface area contributed by atoms with E-state index in [1.54, 1.807) is 12.4 Å². The number of benzene rings is 1. The van der Waals surface area contributed by atoms with Crippen LogP contribution in [0.15, 0.2) is 48.8 Å². The monoisotopic (exact) mass is 296 g/mol. The molecular formula is C11H9IN2. The molecule has 1 aromatic heterocycles. The second-order valence-electron chi connectivity index (χ2n) is 2.91. The third-order valence-electron chi connectivity index (χ3n) is 2.01. The molecule has 0 spiro atoms. The van der Waals surface area contributed by atoms with Crippen LogP contribution in [0.2, 0.25) is 0 Å². The first kappa shape index (κ1) is 9.45. The van der Waals surface area contributed by atoms with Crippen LogP contribution in [0.1, 0.15) is 0 Å². The van der Waals surface area contributed by atoms with Gasteiger partial charge in [0, 0.05) is 18.1 Å². The van der Waals surface area contributed by atoms with Crippen LogP contribution in [0.3, 0.4) is 0 Å². The summed E-state index contributed by atoms with van der Waals surface area (Å²) < 4.78 is 3.06. The first-order valence-electron chi connectivity index (χ1n) is 4.27. The van der Waals surface area contributed by atoms with Crippen molar-refractivity contribution in [1.29, 1.82) is 0 Å². The lowest BCUT2D eigenvalue weighted by Gasteiger charge is -2.02. The summed E-state index contributed by atoms with van der Waals surface area (Å²) in [6, 6.07) is 12.3. The predicted molar refractivity (Wildman–Crippen MR) is 67.3 cm³/mol. The number of aromatic nitrogens is 1. The highest BCUT2D eigenvalue weighted by Crippen LogP contribution is 2.20. The van der Waals surface area contributed by atoms with Gasteiger partial charge in [0.1, 0.15) is 0 Å². The maximum Gasteiger partial charge on any atom is 0.0560 e. The van der Waals surface area contributed by atoms with E-state index >= 15 is 0 Å². The van der Waals surface area contributed by atoms with Gasteiger partial charge in [0.15, 0.2) is 0 Å². The summed E-state index contributed by atoms with van der Waals surface area (Å²) in [7, 11) is 0. The highest BCUT2D eigenvalue weighted by atomic mass is 127. The Morgan fingerprint density at radius 1 is 0.857 bits per heavy atom. The van der Waals surface area contributed by atoms with Crippen LogP contribution in [-0.4, -0.2) is 4.98 Å². The molecule has 2 aromatic rings. The van der Waals surface area contributed by atoms with Crippen molar-refractivity contribution in [2.24, 2.45) is 0 Å². The van der Waals surface area contributed by atoms with Crippen molar-refractivity contribution < 1.29 is 0 Å². The minimum absolute atomic E-state index is 1.11. The average molecular weight is 296 g/mol. The third kappa shape index (κ3) is 2.04. The number of pyridine rings is 1. The lowest BCUT2D eigenvalue weighted by molar-refractivity contribution is 1.33. The van der Waals surface area contributed by atoms with Crippen molar-refractivity contribution in [2.45, 2.75) is 0 Å². The SMILES string of the molecule is INc1ccc(-c2ccncc2)cc1. The van der Waals surface area contributed by atoms with Gasteiger partial charge in [-0.1, -0.05) is 12.1 Å². The number of rotatable bonds is 2. The Labute approximate surface area is 96.9 Å². The van der Waals surface area contributed by atoms with E-state index in [4.69, 9.17) is 0 Å². The molecule has 0 aliphatic rings. The van der Waals surface area contributed by atoms with E-state index in [-0.39, 0.29) is 0 Å². The summed E-state index contributed by atoms with van der Waals surface area (Å²) >= 11 is 2.12. The summed E-state index contributed by atoms with van der Waals surface area (Å²) in [4.78, 5) is 3.99. The zero-order chi connectivity index (χ0) is 9.80. The molecule has 0 saturated carbocycles. The van der Waals surface area contributed by atoms with Gasteiger partial charge in [0.25, 0.3) is 0 Å². The summed E-state index contributed by atoms with van der Waals surface area (Å²) in [5.41, 5.74) is 3.52. The fourth-order valence-electron chi connectivity index (χ4n) is 1.27. The van der Waals surface area contributed by atoms with Crippen LogP contribution in [0.4, 0.5) is 5.69 Å². The highest BCUT2D eigenvalue weighted by molar-refractivity contribution is 14.1. The number of nitrogens with zero attached hydrogens (tertiary/aromatic N) is 1. The van der Waals surface area contributed by atoms with Crippen LogP contribution < -0.4 is 3.53 Å². The summed E-state index contributed by atoms with van der Waals surface area (Å²) in [6.07, 6.45) is 3.61. The molecule has 1 aromatic carbocycles. The largest absolute Gasteiger partial charge is 0.328 e. The van der Waals surface area contributed by atoms with E-state index in [0.717, 1.165) is 5.69 Å². The standard InChI is InChI=1S/C11H9IN2/c12-14-11-3-1-9(2-4-11)10-5-7-13-8-6-10/h1-8,14H. The second-order valence-corrected chi connectivity index (χ2v) is 3.45. The molecule has 0 unspecified atom stereocenters. The molecule has 0 saturated heterocycles. The van der Waals surface area contributed by atoms with Gasteiger partial charge in [-0.05, 0) is 35.4 Å². The van der Waals surface area contributed by atoms with Gasteiger partial charge < -0.3 is 3.53 Å². The van der Waals surface area contributed by atoms with Crippen LogP contribution in [0.25, 0.3) is 11.1 Å². The lowest BCUT2D eigenvalue weighted by Crippen LogP contribution is -1.80. The first-order chi connectivity index (χ1) is 6.90. The molecule has 0 aliphatic heterocycles. The Hall–Kier alpha value is -1.10. The van der Waals surface area contributed by atoms with Crippen molar-refractivity contribution in [1.82, 2.24) is 4.98 Å². The molecule has 1 heterocycles. The summed E-state index contributed by atoms with van der Waals surface area (Å²) in [5, 5.41) is 0. The zero-order valence-corrected chi connectivity index (χ0v) is 9.60. The van der Waals surface area contributed by atoms with E-state index < -0.39 is 0 Å². The molecule has 0 bridgehead atoms. The van der Waals surface area contributed by atoms with Crippen LogP contribution >= 0.6 is 22.9 Å². The van der Waals surface area contributed by atoms with Crippen molar-refractivity contribution in [2.75, 3.05) is 3.53 Å². The van der Waals surface area contributed by atoms with E-state index in [2.05, 4.69) is 55.6 Å². The van der Waals surface area contributed by atoms with Crippen molar-refractivity contribution in [3.8, 4) is 11.1 Å². The van der Waals surface area contributed by atoms with Crippen molar-refractivity contribution in [3.05, 3.63) is 48.8 Å². The van der Waals surface area contributed by atoms with E-state index in [0.29, 0.717) is 0 Å². The van der Waals surface area contributed by atoms with E-state index in [1.165, 1.54) is 11.1 Å². The molecular weight excluding hydrogens is 287 g/mol. The highest BCUT2D eigenvalue weighted by Gasteiger charge is 1.95. The Morgan fingerprint density at radius 2 is 1.43 bits per heavy atom. The third-order valence-corrected chi connectivity index (χ3v) is 2.63. The Balaban J connectivity index is 2.34. The number of halogens is 1. The van der Waals surface area contributed by atoms with Crippen LogP contribution in [0.5, 0.6) is 0 Å². The van der Waals surface area contributed by atoms with E-state index in [1.807, 2.05) is 12.1 Å². The minimum atomic E-state index is 1.11. The van der Waals surface area contributed by atoms with Crippen molar-refractivity contribution in [3.63, 3.8) is 0 Å². The first-order valence-corrected chi connectivity index (χ1v) is 5.35. The van der Waals surface area contributed by atoms with Gasteiger partial charge in [0.05, 0.1) is 22.9 Å². The maximum absolute atomic E-state index is 3.99. The fourth-order valence-corrected chi connectivity index (χ4v) is 1.63. The van der Waals surface area contributed by atoms with Gasteiger partial charge in [-0.25, -0.2) is 0 Å². The Morgan fingerprint density at radius 3 is 2.00 bits per heavy atom. The lowest BCUT2D eigenvalue weighted by atomic mass is 10.1. The summed E-state index contributed by atoms with van der Waals surface area (Å²) in [5.74, 6) is 0. The molecule has 0 fully saturated rings. The van der Waals surface area contributed by atoms with Crippen molar-refractivity contribution >= 4 is 28.6 Å². The van der Waals surface area contributed by atoms with Gasteiger partial charge in [-0.2, -0.15) is 0 Å². The molecule has 0 aliphatic carbocycles. The molecule has 3 heteroatoms. The Bertz CT molecular complexity index is 397. The molecule has 0 amide bonds. The van der Waals surface area contributed by atoms with Gasteiger partial charge in [0.2, 0.25) is 0 Å². The smallest absolute Gasteiger partial charge is 0.0560 e. The van der Waals surface area contributed by atoms with E-state index in [9.17, 15) is 0 Å². The number of hydrogen-bond acceptors (Lipinski definition) is 2. The van der Waals surface area contributed by atoms with Gasteiger partial charge in [-0.3, -0.25) is 4.98 Å². The number of hydrogen-bond donors (Lipinski definition) is 1.